The first-order valence-electron chi connectivity index (χ1n) is 7.25. The zero-order valence-corrected chi connectivity index (χ0v) is 13.3. The van der Waals surface area contributed by atoms with Gasteiger partial charge in [0.05, 0.1) is 0 Å². The summed E-state index contributed by atoms with van der Waals surface area (Å²) in [6, 6.07) is 8.91. The summed E-state index contributed by atoms with van der Waals surface area (Å²) in [4.78, 5) is 11.6. The zero-order valence-electron chi connectivity index (χ0n) is 13.3. The molecule has 0 aliphatic heterocycles. The van der Waals surface area contributed by atoms with Crippen LogP contribution >= 0.6 is 0 Å². The third-order valence-electron chi connectivity index (χ3n) is 2.54. The lowest BCUT2D eigenvalue weighted by Crippen LogP contribution is -2.32. The highest BCUT2D eigenvalue weighted by atomic mass is 16.1. The van der Waals surface area contributed by atoms with Crippen LogP contribution in [0.5, 0.6) is 0 Å². The number of nitrogens with one attached hydrogen (secondary N) is 1. The first kappa shape index (κ1) is 18.7. The Morgan fingerprint density at radius 2 is 1.76 bits per heavy atom. The summed E-state index contributed by atoms with van der Waals surface area (Å²) in [5.74, 6) is -0.401. The van der Waals surface area contributed by atoms with Crippen LogP contribution in [-0.2, 0) is 4.79 Å². The zero-order chi connectivity index (χ0) is 16.1. The molecule has 1 amide bonds. The van der Waals surface area contributed by atoms with Crippen LogP contribution in [0.2, 0.25) is 0 Å². The van der Waals surface area contributed by atoms with Gasteiger partial charge >= 0.3 is 0 Å². The highest BCUT2D eigenvalue weighted by molar-refractivity contribution is 5.81. The average molecular weight is 286 g/mol. The van der Waals surface area contributed by atoms with Crippen molar-refractivity contribution in [2.75, 3.05) is 0 Å². The van der Waals surface area contributed by atoms with Crippen molar-refractivity contribution in [1.82, 2.24) is 5.32 Å². The van der Waals surface area contributed by atoms with Gasteiger partial charge in [-0.2, -0.15) is 0 Å². The normalized spacial score (nSPS) is 12.9. The summed E-state index contributed by atoms with van der Waals surface area (Å²) in [5, 5.41) is 3.15. The van der Waals surface area contributed by atoms with E-state index in [1.807, 2.05) is 88.4 Å². The smallest absolute Gasteiger partial charge is 0.244 e. The molecule has 0 aliphatic rings. The monoisotopic (exact) mass is 286 g/mol. The van der Waals surface area contributed by atoms with Crippen molar-refractivity contribution in [3.05, 3.63) is 72.0 Å². The van der Waals surface area contributed by atoms with Gasteiger partial charge in [-0.05, 0) is 31.6 Å². The Bertz CT molecular complexity index is 487. The first-order valence-corrected chi connectivity index (χ1v) is 7.25. The minimum Gasteiger partial charge on any atom is -0.370 e. The van der Waals surface area contributed by atoms with Gasteiger partial charge in [0.1, 0.15) is 6.04 Å². The second-order valence-electron chi connectivity index (χ2n) is 4.04. The molecule has 0 bridgehead atoms. The lowest BCUT2D eigenvalue weighted by Gasteiger charge is -2.17. The van der Waals surface area contributed by atoms with Crippen LogP contribution in [0.4, 0.5) is 0 Å². The Kier molecular flexibility index (Phi) is 10.3. The van der Waals surface area contributed by atoms with E-state index in [9.17, 15) is 4.79 Å². The van der Waals surface area contributed by atoms with E-state index in [2.05, 4.69) is 5.32 Å². The number of hydrogen-bond acceptors (Lipinski definition) is 2. The van der Waals surface area contributed by atoms with Crippen LogP contribution in [0.1, 0.15) is 39.3 Å². The molecule has 1 aromatic carbocycles. The number of nitrogens with two attached hydrogens (primary N) is 1. The predicted octanol–water partition coefficient (Wildman–Crippen LogP) is 3.86. The molecule has 3 nitrogen and oxygen atoms in total. The Morgan fingerprint density at radius 3 is 2.24 bits per heavy atom. The summed E-state index contributed by atoms with van der Waals surface area (Å²) in [5.41, 5.74) is 7.16. The van der Waals surface area contributed by atoms with E-state index in [1.54, 1.807) is 0 Å². The SMILES string of the molecule is CC.C\C=C/C=C(\C=C/C)NC(C(N)=O)c1ccccc1. The molecular weight excluding hydrogens is 260 g/mol. The molecule has 1 atom stereocenters. The van der Waals surface area contributed by atoms with Gasteiger partial charge < -0.3 is 11.1 Å². The first-order chi connectivity index (χ1) is 10.2. The topological polar surface area (TPSA) is 55.1 Å². The van der Waals surface area contributed by atoms with Crippen molar-refractivity contribution in [2.24, 2.45) is 5.73 Å². The molecule has 1 unspecified atom stereocenters. The molecular formula is C18H26N2O. The van der Waals surface area contributed by atoms with Gasteiger partial charge in [0.15, 0.2) is 0 Å². The van der Waals surface area contributed by atoms with Gasteiger partial charge in [-0.3, -0.25) is 4.79 Å². The van der Waals surface area contributed by atoms with Gasteiger partial charge in [-0.15, -0.1) is 0 Å². The number of rotatable bonds is 6. The number of amides is 1. The van der Waals surface area contributed by atoms with E-state index >= 15 is 0 Å². The second kappa shape index (κ2) is 11.5. The Labute approximate surface area is 128 Å². The lowest BCUT2D eigenvalue weighted by atomic mass is 10.1. The van der Waals surface area contributed by atoms with Crippen molar-refractivity contribution >= 4 is 5.91 Å². The Balaban J connectivity index is 0.00000191. The summed E-state index contributed by atoms with van der Waals surface area (Å²) >= 11 is 0. The fraction of sp³-hybridized carbons (Fsp3) is 0.278. The van der Waals surface area contributed by atoms with Crippen LogP contribution in [0.15, 0.2) is 66.4 Å². The second-order valence-corrected chi connectivity index (χ2v) is 4.04. The van der Waals surface area contributed by atoms with Crippen molar-refractivity contribution in [1.29, 1.82) is 0 Å². The maximum absolute atomic E-state index is 11.6. The number of benzene rings is 1. The largest absolute Gasteiger partial charge is 0.370 e. The highest BCUT2D eigenvalue weighted by Crippen LogP contribution is 2.14. The predicted molar refractivity (Wildman–Crippen MR) is 90.6 cm³/mol. The maximum atomic E-state index is 11.6. The van der Waals surface area contributed by atoms with Crippen molar-refractivity contribution in [3.63, 3.8) is 0 Å². The van der Waals surface area contributed by atoms with Crippen molar-refractivity contribution in [3.8, 4) is 0 Å². The number of carbonyl (C=O) groups is 1. The quantitative estimate of drug-likeness (QED) is 0.780. The van der Waals surface area contributed by atoms with E-state index in [0.717, 1.165) is 11.3 Å². The average Bonchev–Trinajstić information content (AvgIpc) is 2.52. The fourth-order valence-corrected chi connectivity index (χ4v) is 1.66. The molecule has 0 heterocycles. The van der Waals surface area contributed by atoms with Crippen molar-refractivity contribution < 1.29 is 4.79 Å². The molecule has 21 heavy (non-hydrogen) atoms. The number of hydrogen-bond donors (Lipinski definition) is 2. The minimum absolute atomic E-state index is 0.401. The summed E-state index contributed by atoms with van der Waals surface area (Å²) in [7, 11) is 0. The summed E-state index contributed by atoms with van der Waals surface area (Å²) < 4.78 is 0. The van der Waals surface area contributed by atoms with Crippen molar-refractivity contribution in [2.45, 2.75) is 33.7 Å². The number of carbonyl (C=O) groups excluding carboxylic acids is 1. The van der Waals surface area contributed by atoms with Crippen LogP contribution in [0.3, 0.4) is 0 Å². The van der Waals surface area contributed by atoms with E-state index in [4.69, 9.17) is 5.73 Å². The Morgan fingerprint density at radius 1 is 1.14 bits per heavy atom. The third-order valence-corrected chi connectivity index (χ3v) is 2.54. The van der Waals surface area contributed by atoms with E-state index in [1.165, 1.54) is 0 Å². The Hall–Kier alpha value is -2.29. The third kappa shape index (κ3) is 7.16. The highest BCUT2D eigenvalue weighted by Gasteiger charge is 2.17. The molecule has 1 aromatic rings. The van der Waals surface area contributed by atoms with Crippen LogP contribution in [-0.4, -0.2) is 5.91 Å². The van der Waals surface area contributed by atoms with Gasteiger partial charge in [0, 0.05) is 5.70 Å². The van der Waals surface area contributed by atoms with Gasteiger partial charge in [0.25, 0.3) is 0 Å². The molecule has 0 saturated carbocycles. The molecule has 0 radical (unpaired) electrons. The van der Waals surface area contributed by atoms with E-state index in [0.29, 0.717) is 0 Å². The van der Waals surface area contributed by atoms with Crippen LogP contribution in [0.25, 0.3) is 0 Å². The minimum atomic E-state index is -0.533. The van der Waals surface area contributed by atoms with Gasteiger partial charge in [-0.1, -0.05) is 62.4 Å². The fourth-order valence-electron chi connectivity index (χ4n) is 1.66. The molecule has 0 spiro atoms. The van der Waals surface area contributed by atoms with E-state index in [-0.39, 0.29) is 0 Å². The lowest BCUT2D eigenvalue weighted by molar-refractivity contribution is -0.119. The number of allylic oxidation sites excluding steroid dienone is 5. The van der Waals surface area contributed by atoms with Gasteiger partial charge in [0.2, 0.25) is 5.91 Å². The molecule has 0 saturated heterocycles. The molecule has 0 aromatic heterocycles. The molecule has 0 aliphatic carbocycles. The van der Waals surface area contributed by atoms with E-state index < -0.39 is 11.9 Å². The molecule has 0 fully saturated rings. The molecule has 1 rings (SSSR count). The van der Waals surface area contributed by atoms with Gasteiger partial charge in [-0.25, -0.2) is 0 Å². The standard InChI is InChI=1S/C16H20N2O.C2H6/c1-3-5-12-14(9-4-2)18-15(16(17)19)13-10-7-6-8-11-13;1-2/h3-12,15,18H,1-2H3,(H2,17,19);1-2H3/b5-3-,9-4-,14-12+;. The maximum Gasteiger partial charge on any atom is 0.244 e. The van der Waals surface area contributed by atoms with Crippen LogP contribution < -0.4 is 11.1 Å². The number of primary amides is 1. The summed E-state index contributed by atoms with van der Waals surface area (Å²) in [6.07, 6.45) is 9.54. The summed E-state index contributed by atoms with van der Waals surface area (Å²) in [6.45, 7) is 7.86. The van der Waals surface area contributed by atoms with Crippen LogP contribution in [0, 0.1) is 0 Å². The molecule has 3 heteroatoms. The molecule has 3 N–H and O–H groups in total. The molecule has 114 valence electrons.